The molecule has 0 saturated carbocycles. The number of carbonyl (C=O) groups excluding carboxylic acids is 2. The molecule has 13 heteroatoms. The van der Waals surface area contributed by atoms with Crippen molar-refractivity contribution in [3.63, 3.8) is 0 Å². The molecule has 3 aliphatic heterocycles. The standard InChI is InChI=1S/C18H18F3N6O4/c19-18(20,21)10-22-16(28)12-4-5-13-15(23-12)26(11-6-8-27(13,31)9-11)17(29)24-14-3-1-2-7-25(14)30/h1-5,11H,6-10H2,(H,22,28)(H,24,29)/q-1/t11-,27?/m0/s1. The first-order chi connectivity index (χ1) is 14.6. The van der Waals surface area contributed by atoms with Gasteiger partial charge < -0.3 is 25.4 Å². The summed E-state index contributed by atoms with van der Waals surface area (Å²) in [5.74, 6) is -1.19. The zero-order valence-corrected chi connectivity index (χ0v) is 16.1. The summed E-state index contributed by atoms with van der Waals surface area (Å²) in [5.41, 5.74) is -0.229. The lowest BCUT2D eigenvalue weighted by Gasteiger charge is -2.44. The van der Waals surface area contributed by atoms with Crippen molar-refractivity contribution in [3.8, 4) is 0 Å². The summed E-state index contributed by atoms with van der Waals surface area (Å²) in [7, 11) is 0. The number of pyridine rings is 1. The largest absolute Gasteiger partial charge is 0.757 e. The van der Waals surface area contributed by atoms with Crippen molar-refractivity contribution in [1.82, 2.24) is 25.3 Å². The van der Waals surface area contributed by atoms with Crippen molar-refractivity contribution in [1.29, 1.82) is 0 Å². The quantitative estimate of drug-likeness (QED) is 0.546. The molecule has 2 atom stereocenters. The Hall–Kier alpha value is -3.16. The van der Waals surface area contributed by atoms with Crippen LogP contribution in [0.3, 0.4) is 0 Å². The Balaban J connectivity index is 1.65. The van der Waals surface area contributed by atoms with Crippen molar-refractivity contribution in [2.45, 2.75) is 18.6 Å². The summed E-state index contributed by atoms with van der Waals surface area (Å²) in [5, 5.41) is 29.8. The number of halogens is 3. The van der Waals surface area contributed by atoms with Gasteiger partial charge in [0.25, 0.3) is 5.91 Å². The van der Waals surface area contributed by atoms with E-state index in [1.807, 2.05) is 0 Å². The molecule has 3 amide bonds. The molecule has 1 aromatic rings. The maximum absolute atomic E-state index is 13.1. The Labute approximate surface area is 174 Å². The lowest BCUT2D eigenvalue weighted by atomic mass is 10.1. The number of nitrogens with zero attached hydrogens (tertiary/aromatic N) is 4. The molecule has 4 rings (SSSR count). The minimum Gasteiger partial charge on any atom is -0.757 e. The molecular formula is C18H18F3N6O4-. The zero-order chi connectivity index (χ0) is 22.4. The molecule has 1 aromatic heterocycles. The second kappa shape index (κ2) is 7.51. The van der Waals surface area contributed by atoms with Gasteiger partial charge in [-0.15, -0.1) is 0 Å². The number of urea groups is 1. The van der Waals surface area contributed by atoms with Gasteiger partial charge in [-0.2, -0.15) is 13.2 Å². The van der Waals surface area contributed by atoms with E-state index in [0.717, 1.165) is 6.07 Å². The number of alkyl halides is 3. The monoisotopic (exact) mass is 439 g/mol. The molecule has 0 aliphatic carbocycles. The summed E-state index contributed by atoms with van der Waals surface area (Å²) in [4.78, 5) is 30.4. The molecule has 1 fully saturated rings. The van der Waals surface area contributed by atoms with Crippen LogP contribution in [0.15, 0.2) is 36.2 Å². The normalized spacial score (nSPS) is 24.5. The minimum absolute atomic E-state index is 0.000396. The van der Waals surface area contributed by atoms with Crippen LogP contribution in [0.5, 0.6) is 0 Å². The molecule has 2 bridgehead atoms. The number of hydroxylamine groups is 4. The predicted octanol–water partition coefficient (Wildman–Crippen LogP) is 1.69. The van der Waals surface area contributed by atoms with Crippen molar-refractivity contribution >= 4 is 23.4 Å². The molecular weight excluding hydrogens is 421 g/mol. The lowest BCUT2D eigenvalue weighted by molar-refractivity contribution is -0.123. The van der Waals surface area contributed by atoms with Crippen LogP contribution < -0.4 is 20.2 Å². The van der Waals surface area contributed by atoms with Crippen molar-refractivity contribution in [3.05, 3.63) is 52.3 Å². The van der Waals surface area contributed by atoms with E-state index in [9.17, 15) is 33.2 Å². The van der Waals surface area contributed by atoms with Crippen LogP contribution in [0.2, 0.25) is 0 Å². The van der Waals surface area contributed by atoms with Crippen molar-refractivity contribution in [2.24, 2.45) is 0 Å². The van der Waals surface area contributed by atoms with Crippen molar-refractivity contribution in [2.75, 3.05) is 31.1 Å². The number of aromatic nitrogens is 1. The number of amides is 3. The fourth-order valence-electron chi connectivity index (χ4n) is 3.85. The number of nitrogens with one attached hydrogen (secondary N) is 2. The van der Waals surface area contributed by atoms with Gasteiger partial charge in [0.05, 0.1) is 18.4 Å². The van der Waals surface area contributed by atoms with Crippen LogP contribution in [-0.4, -0.2) is 60.4 Å². The highest BCUT2D eigenvalue weighted by Crippen LogP contribution is 2.43. The molecule has 166 valence electrons. The van der Waals surface area contributed by atoms with Gasteiger partial charge in [-0.1, -0.05) is 12.2 Å². The number of allylic oxidation sites excluding steroid dienone is 2. The number of hydrogen-bond donors (Lipinski definition) is 2. The van der Waals surface area contributed by atoms with Gasteiger partial charge in [-0.3, -0.25) is 15.0 Å². The molecule has 0 radical (unpaired) electrons. The van der Waals surface area contributed by atoms with Gasteiger partial charge in [0.15, 0.2) is 5.69 Å². The Morgan fingerprint density at radius 1 is 1.32 bits per heavy atom. The van der Waals surface area contributed by atoms with E-state index in [1.165, 1.54) is 17.0 Å². The Kier molecular flexibility index (Phi) is 5.11. The third-order valence-corrected chi connectivity index (χ3v) is 5.28. The van der Waals surface area contributed by atoms with E-state index in [0.29, 0.717) is 11.5 Å². The summed E-state index contributed by atoms with van der Waals surface area (Å²) in [6, 6.07) is 1.21. The van der Waals surface area contributed by atoms with Gasteiger partial charge in [-0.05, 0) is 12.1 Å². The van der Waals surface area contributed by atoms with Gasteiger partial charge in [-0.25, -0.2) is 9.78 Å². The number of carbonyl (C=O) groups is 2. The second-order valence-electron chi connectivity index (χ2n) is 7.42. The first-order valence-electron chi connectivity index (χ1n) is 9.44. The van der Waals surface area contributed by atoms with Crippen LogP contribution in [0.4, 0.5) is 29.5 Å². The molecule has 31 heavy (non-hydrogen) atoms. The smallest absolute Gasteiger partial charge is 0.405 e. The first kappa shape index (κ1) is 21.1. The predicted molar refractivity (Wildman–Crippen MR) is 104 cm³/mol. The van der Waals surface area contributed by atoms with Gasteiger partial charge >= 0.3 is 12.2 Å². The summed E-state index contributed by atoms with van der Waals surface area (Å²) >= 11 is 0. The van der Waals surface area contributed by atoms with Crippen LogP contribution in [0.1, 0.15) is 16.9 Å². The van der Waals surface area contributed by atoms with E-state index >= 15 is 0 Å². The average molecular weight is 439 g/mol. The first-order valence-corrected chi connectivity index (χ1v) is 9.44. The number of hydrogen-bond acceptors (Lipinski definition) is 6. The molecule has 2 N–H and O–H groups in total. The Morgan fingerprint density at radius 2 is 2.10 bits per heavy atom. The summed E-state index contributed by atoms with van der Waals surface area (Å²) in [6.45, 7) is -1.24. The molecule has 10 nitrogen and oxygen atoms in total. The number of anilines is 1. The number of rotatable bonds is 3. The minimum atomic E-state index is -4.60. The molecule has 0 aromatic carbocycles. The third kappa shape index (κ3) is 4.06. The number of fused-ring (bicyclic) bond motifs is 4. The molecule has 0 spiro atoms. The maximum Gasteiger partial charge on any atom is 0.405 e. The van der Waals surface area contributed by atoms with E-state index < -0.39 is 35.3 Å². The number of quaternary nitrogens is 1. The van der Waals surface area contributed by atoms with Crippen LogP contribution in [-0.2, 0) is 0 Å². The SMILES string of the molecule is O=C(NCC(F)(F)F)c1ccc2c(n1)N(C(=O)NC1=CC=CCN1[O-])[C@H]1CC[N+]2([O-])C1. The highest BCUT2D eigenvalue weighted by molar-refractivity contribution is 5.99. The van der Waals surface area contributed by atoms with Gasteiger partial charge in [0.1, 0.15) is 18.8 Å². The zero-order valence-electron chi connectivity index (χ0n) is 16.1. The lowest BCUT2D eigenvalue weighted by Crippen LogP contribution is -2.55. The maximum atomic E-state index is 13.1. The van der Waals surface area contributed by atoms with E-state index in [1.54, 1.807) is 17.5 Å². The highest BCUT2D eigenvalue weighted by atomic mass is 19.4. The fourth-order valence-corrected chi connectivity index (χ4v) is 3.85. The van der Waals surface area contributed by atoms with Crippen molar-refractivity contribution < 1.29 is 22.8 Å². The average Bonchev–Trinajstić information content (AvgIpc) is 3.05. The highest BCUT2D eigenvalue weighted by Gasteiger charge is 2.48. The Bertz CT molecular complexity index is 982. The molecule has 4 heterocycles. The van der Waals surface area contributed by atoms with E-state index in [-0.39, 0.29) is 42.7 Å². The van der Waals surface area contributed by atoms with Gasteiger partial charge in [0.2, 0.25) is 5.82 Å². The van der Waals surface area contributed by atoms with Gasteiger partial charge in [0, 0.05) is 19.0 Å². The topological polar surface area (TPSA) is 124 Å². The van der Waals surface area contributed by atoms with Crippen LogP contribution >= 0.6 is 0 Å². The molecule has 1 unspecified atom stereocenters. The molecule has 3 aliphatic rings. The summed E-state index contributed by atoms with van der Waals surface area (Å²) < 4.78 is 36.5. The van der Waals surface area contributed by atoms with Crippen LogP contribution in [0.25, 0.3) is 0 Å². The van der Waals surface area contributed by atoms with E-state index in [2.05, 4.69) is 10.3 Å². The second-order valence-corrected chi connectivity index (χ2v) is 7.42. The van der Waals surface area contributed by atoms with E-state index in [4.69, 9.17) is 0 Å². The Morgan fingerprint density at radius 3 is 2.81 bits per heavy atom. The fraction of sp³-hybridized carbons (Fsp3) is 0.389. The third-order valence-electron chi connectivity index (χ3n) is 5.28. The summed E-state index contributed by atoms with van der Waals surface area (Å²) in [6.07, 6.45) is 0.383. The van der Waals surface area contributed by atoms with Crippen LogP contribution in [0, 0.1) is 10.4 Å². The molecule has 1 saturated heterocycles.